The number of amides is 1. The van der Waals surface area contributed by atoms with Gasteiger partial charge < -0.3 is 28.8 Å². The molecule has 4 atom stereocenters. The van der Waals surface area contributed by atoms with Crippen LogP contribution in [-0.2, 0) is 23.7 Å². The molecule has 26 heavy (non-hydrogen) atoms. The van der Waals surface area contributed by atoms with Gasteiger partial charge in [0.15, 0.2) is 5.79 Å². The first-order valence-electron chi connectivity index (χ1n) is 9.08. The van der Waals surface area contributed by atoms with Gasteiger partial charge in [-0.2, -0.15) is 0 Å². The summed E-state index contributed by atoms with van der Waals surface area (Å²) in [4.78, 5) is 13.6. The molecule has 0 saturated carbocycles. The van der Waals surface area contributed by atoms with Crippen molar-refractivity contribution in [2.75, 3.05) is 33.7 Å². The molecule has 0 spiro atoms. The minimum atomic E-state index is -1.14. The summed E-state index contributed by atoms with van der Waals surface area (Å²) in [7, 11) is 0.173. The fraction of sp³-hybridized carbons (Fsp3) is 0.941. The molecule has 1 N–H and O–H groups in total. The van der Waals surface area contributed by atoms with E-state index in [0.717, 1.165) is 6.04 Å². The third-order valence-electron chi connectivity index (χ3n) is 4.59. The number of rotatable bonds is 7. The average Bonchev–Trinajstić information content (AvgIpc) is 2.85. The Hall–Kier alpha value is -0.713. The first kappa shape index (κ1) is 21.6. The summed E-state index contributed by atoms with van der Waals surface area (Å²) in [5, 5.41) is 10.7. The zero-order chi connectivity index (χ0) is 19.5. The van der Waals surface area contributed by atoms with E-state index in [1.54, 1.807) is 13.8 Å². The van der Waals surface area contributed by atoms with Crippen molar-refractivity contribution in [2.24, 2.45) is 0 Å². The minimum absolute atomic E-state index is 0.125. The fourth-order valence-corrected chi connectivity index (χ4v) is 3.96. The summed E-state index contributed by atoms with van der Waals surface area (Å²) in [5.74, 6) is -0.798. The van der Waals surface area contributed by atoms with Crippen LogP contribution in [0.25, 0.3) is 0 Å². The van der Waals surface area contributed by atoms with E-state index in [0.29, 0.717) is 6.61 Å². The second-order valence-electron chi connectivity index (χ2n) is 8.53. The lowest BCUT2D eigenvalue weighted by Crippen LogP contribution is -2.63. The molecular weight excluding hydrogens is 358 g/mol. The number of likely N-dealkylation sites (tertiary alicyclic amines) is 1. The molecule has 2 fully saturated rings. The van der Waals surface area contributed by atoms with E-state index in [4.69, 9.17) is 23.7 Å². The number of aliphatic hydroxyl groups excluding tert-OH is 1. The van der Waals surface area contributed by atoms with Gasteiger partial charge in [-0.15, -0.1) is 0 Å². The maximum Gasteiger partial charge on any atom is 0.409 e. The number of ether oxygens (including phenoxy) is 5. The number of piperidine rings is 1. The normalized spacial score (nSPS) is 31.0. The monoisotopic (exact) mass is 391 g/mol. The molecule has 0 bridgehead atoms. The SMILES string of the molecule is COC(=O)N1C[C@H]2OC(C)(C)O[C@H]2[C@H](O)[C@H]1COCOCC[Si](C)(C)C. The van der Waals surface area contributed by atoms with Gasteiger partial charge in [0.25, 0.3) is 0 Å². The number of aliphatic hydroxyl groups is 1. The predicted octanol–water partition coefficient (Wildman–Crippen LogP) is 1.65. The van der Waals surface area contributed by atoms with E-state index in [9.17, 15) is 9.90 Å². The molecular formula is C17H33NO7Si. The molecule has 2 saturated heterocycles. The van der Waals surface area contributed by atoms with Gasteiger partial charge in [0.05, 0.1) is 26.3 Å². The van der Waals surface area contributed by atoms with Gasteiger partial charge in [-0.05, 0) is 19.9 Å². The van der Waals surface area contributed by atoms with E-state index in [-0.39, 0.29) is 19.9 Å². The van der Waals surface area contributed by atoms with Crippen molar-refractivity contribution in [2.45, 2.75) is 69.7 Å². The van der Waals surface area contributed by atoms with Crippen LogP contribution in [0.1, 0.15) is 13.8 Å². The van der Waals surface area contributed by atoms with Gasteiger partial charge in [0.2, 0.25) is 0 Å². The van der Waals surface area contributed by atoms with Gasteiger partial charge in [-0.3, -0.25) is 4.90 Å². The summed E-state index contributed by atoms with van der Waals surface area (Å²) in [6.07, 6.45) is -2.36. The van der Waals surface area contributed by atoms with E-state index in [1.165, 1.54) is 12.0 Å². The Morgan fingerprint density at radius 2 is 1.96 bits per heavy atom. The number of hydrogen-bond acceptors (Lipinski definition) is 7. The zero-order valence-electron chi connectivity index (χ0n) is 16.7. The number of fused-ring (bicyclic) bond motifs is 1. The van der Waals surface area contributed by atoms with Gasteiger partial charge >= 0.3 is 6.09 Å². The number of nitrogens with zero attached hydrogens (tertiary/aromatic N) is 1. The van der Waals surface area contributed by atoms with E-state index in [2.05, 4.69) is 19.6 Å². The van der Waals surface area contributed by atoms with E-state index in [1.807, 2.05) is 0 Å². The maximum atomic E-state index is 12.1. The minimum Gasteiger partial charge on any atom is -0.453 e. The molecule has 0 aliphatic carbocycles. The highest BCUT2D eigenvalue weighted by Crippen LogP contribution is 2.35. The number of carbonyl (C=O) groups is 1. The second kappa shape index (κ2) is 8.53. The molecule has 2 rings (SSSR count). The third kappa shape index (κ3) is 5.64. The lowest BCUT2D eigenvalue weighted by atomic mass is 9.95. The summed E-state index contributed by atoms with van der Waals surface area (Å²) in [6.45, 7) is 11.6. The lowest BCUT2D eigenvalue weighted by Gasteiger charge is -2.42. The summed E-state index contributed by atoms with van der Waals surface area (Å²) >= 11 is 0. The molecule has 1 amide bonds. The van der Waals surface area contributed by atoms with Crippen LogP contribution in [0.5, 0.6) is 0 Å². The Bertz CT molecular complexity index is 482. The van der Waals surface area contributed by atoms with Crippen molar-refractivity contribution < 1.29 is 33.6 Å². The highest BCUT2D eigenvalue weighted by atomic mass is 28.3. The lowest BCUT2D eigenvalue weighted by molar-refractivity contribution is -0.157. The van der Waals surface area contributed by atoms with Crippen molar-refractivity contribution >= 4 is 14.2 Å². The standard InChI is InChI=1S/C17H33NO7Si/c1-17(2)24-13-9-18(16(20)21-3)12(14(19)15(13)25-17)10-23-11-22-7-8-26(4,5)6/h12-15,19H,7-11H2,1-6H3/t12-,13-,14-,15-/m1/s1. The Kier molecular flexibility index (Phi) is 7.08. The molecule has 0 unspecified atom stereocenters. The molecule has 152 valence electrons. The van der Waals surface area contributed by atoms with Crippen LogP contribution in [0.4, 0.5) is 4.79 Å². The van der Waals surface area contributed by atoms with Crippen molar-refractivity contribution in [3.8, 4) is 0 Å². The molecule has 0 radical (unpaired) electrons. The smallest absolute Gasteiger partial charge is 0.409 e. The third-order valence-corrected chi connectivity index (χ3v) is 6.29. The largest absolute Gasteiger partial charge is 0.453 e. The molecule has 2 aliphatic heterocycles. The van der Waals surface area contributed by atoms with Crippen molar-refractivity contribution in [3.05, 3.63) is 0 Å². The molecule has 0 aromatic rings. The van der Waals surface area contributed by atoms with Crippen molar-refractivity contribution in [1.29, 1.82) is 0 Å². The van der Waals surface area contributed by atoms with Crippen LogP contribution in [0.2, 0.25) is 25.7 Å². The van der Waals surface area contributed by atoms with Crippen LogP contribution in [0.15, 0.2) is 0 Å². The van der Waals surface area contributed by atoms with Crippen LogP contribution in [0.3, 0.4) is 0 Å². The molecule has 8 nitrogen and oxygen atoms in total. The van der Waals surface area contributed by atoms with Gasteiger partial charge in [-0.1, -0.05) is 19.6 Å². The number of carbonyl (C=O) groups excluding carboxylic acids is 1. The van der Waals surface area contributed by atoms with E-state index < -0.39 is 44.3 Å². The Morgan fingerprint density at radius 3 is 2.58 bits per heavy atom. The molecule has 2 aliphatic rings. The summed E-state index contributed by atoms with van der Waals surface area (Å²) < 4.78 is 27.5. The predicted molar refractivity (Wildman–Crippen MR) is 97.7 cm³/mol. The topological polar surface area (TPSA) is 86.7 Å². The van der Waals surface area contributed by atoms with Crippen molar-refractivity contribution in [3.63, 3.8) is 0 Å². The Morgan fingerprint density at radius 1 is 1.27 bits per heavy atom. The first-order chi connectivity index (χ1) is 12.0. The summed E-state index contributed by atoms with van der Waals surface area (Å²) in [6, 6.07) is 0.475. The Labute approximate surface area is 156 Å². The van der Waals surface area contributed by atoms with Gasteiger partial charge in [0, 0.05) is 14.7 Å². The second-order valence-corrected chi connectivity index (χ2v) is 14.1. The highest BCUT2D eigenvalue weighted by Gasteiger charge is 2.53. The van der Waals surface area contributed by atoms with Crippen LogP contribution >= 0.6 is 0 Å². The maximum absolute atomic E-state index is 12.1. The van der Waals surface area contributed by atoms with E-state index >= 15 is 0 Å². The zero-order valence-corrected chi connectivity index (χ0v) is 17.7. The van der Waals surface area contributed by atoms with Crippen molar-refractivity contribution in [1.82, 2.24) is 4.90 Å². The number of hydrogen-bond donors (Lipinski definition) is 1. The molecule has 0 aromatic carbocycles. The average molecular weight is 392 g/mol. The van der Waals surface area contributed by atoms with Gasteiger partial charge in [0.1, 0.15) is 25.1 Å². The molecule has 2 heterocycles. The van der Waals surface area contributed by atoms with Crippen LogP contribution in [0, 0.1) is 0 Å². The van der Waals surface area contributed by atoms with Crippen LogP contribution in [-0.4, -0.2) is 88.0 Å². The first-order valence-corrected chi connectivity index (χ1v) is 12.8. The fourth-order valence-electron chi connectivity index (χ4n) is 3.21. The summed E-state index contributed by atoms with van der Waals surface area (Å²) in [5.41, 5.74) is 0. The molecule has 9 heteroatoms. The molecule has 0 aromatic heterocycles. The van der Waals surface area contributed by atoms with Gasteiger partial charge in [-0.25, -0.2) is 4.79 Å². The quantitative estimate of drug-likeness (QED) is 0.401. The number of methoxy groups -OCH3 is 1. The highest BCUT2D eigenvalue weighted by molar-refractivity contribution is 6.76. The Balaban J connectivity index is 1.90. The van der Waals surface area contributed by atoms with Crippen LogP contribution < -0.4 is 0 Å².